The van der Waals surface area contributed by atoms with Crippen LogP contribution in [-0.4, -0.2) is 39.0 Å². The van der Waals surface area contributed by atoms with Gasteiger partial charge in [0.05, 0.1) is 12.6 Å². The number of rotatable bonds is 4. The minimum absolute atomic E-state index is 0.0535. The highest BCUT2D eigenvalue weighted by atomic mass is 16.6. The summed E-state index contributed by atoms with van der Waals surface area (Å²) in [6.07, 6.45) is 0. The van der Waals surface area contributed by atoms with Gasteiger partial charge in [-0.3, -0.25) is 0 Å². The maximum absolute atomic E-state index is 11.7. The van der Waals surface area contributed by atoms with Gasteiger partial charge in [0.1, 0.15) is 13.2 Å². The smallest absolute Gasteiger partial charge is 0.319 e. The zero-order valence-electron chi connectivity index (χ0n) is 11.1. The van der Waals surface area contributed by atoms with Crippen LogP contribution in [0.25, 0.3) is 0 Å². The Hall–Kier alpha value is -1.95. The van der Waals surface area contributed by atoms with E-state index in [4.69, 9.17) is 14.2 Å². The molecule has 1 unspecified atom stereocenters. The molecule has 1 aliphatic rings. The molecule has 104 valence electrons. The number of fused-ring (bicyclic) bond motifs is 1. The van der Waals surface area contributed by atoms with Crippen molar-refractivity contribution in [3.8, 4) is 11.5 Å². The van der Waals surface area contributed by atoms with Gasteiger partial charge >= 0.3 is 6.03 Å². The Kier molecular flexibility index (Phi) is 4.46. The third-order valence-electron chi connectivity index (χ3n) is 2.59. The number of nitrogens with one attached hydrogen (secondary N) is 2. The van der Waals surface area contributed by atoms with E-state index in [1.54, 1.807) is 25.3 Å². The summed E-state index contributed by atoms with van der Waals surface area (Å²) in [5, 5.41) is 5.50. The SMILES string of the molecule is COCC(C)NC(=O)Nc1ccc2c(c1)OCCO2. The van der Waals surface area contributed by atoms with Crippen molar-refractivity contribution in [2.75, 3.05) is 32.2 Å². The number of carbonyl (C=O) groups excluding carboxylic acids is 1. The maximum atomic E-state index is 11.7. The second kappa shape index (κ2) is 6.29. The fourth-order valence-corrected chi connectivity index (χ4v) is 1.80. The van der Waals surface area contributed by atoms with Gasteiger partial charge in [-0.15, -0.1) is 0 Å². The summed E-state index contributed by atoms with van der Waals surface area (Å²) in [6, 6.07) is 4.97. The van der Waals surface area contributed by atoms with Crippen LogP contribution >= 0.6 is 0 Å². The van der Waals surface area contributed by atoms with E-state index in [0.29, 0.717) is 37.0 Å². The third kappa shape index (κ3) is 3.75. The second-order valence-corrected chi connectivity index (χ2v) is 4.31. The van der Waals surface area contributed by atoms with Gasteiger partial charge in [0.2, 0.25) is 0 Å². The molecule has 6 nitrogen and oxygen atoms in total. The Labute approximate surface area is 112 Å². The van der Waals surface area contributed by atoms with Gasteiger partial charge in [-0.05, 0) is 19.1 Å². The number of hydrogen-bond donors (Lipinski definition) is 2. The molecule has 0 saturated heterocycles. The monoisotopic (exact) mass is 266 g/mol. The molecule has 2 N–H and O–H groups in total. The molecule has 2 amide bonds. The lowest BCUT2D eigenvalue weighted by Crippen LogP contribution is -2.38. The van der Waals surface area contributed by atoms with E-state index in [0.717, 1.165) is 0 Å². The van der Waals surface area contributed by atoms with Crippen molar-refractivity contribution in [3.63, 3.8) is 0 Å². The predicted molar refractivity (Wildman–Crippen MR) is 70.9 cm³/mol. The summed E-state index contributed by atoms with van der Waals surface area (Å²) in [4.78, 5) is 11.7. The Balaban J connectivity index is 1.93. The van der Waals surface area contributed by atoms with Crippen LogP contribution in [0.15, 0.2) is 18.2 Å². The zero-order chi connectivity index (χ0) is 13.7. The number of amides is 2. The summed E-state index contributed by atoms with van der Waals surface area (Å²) in [7, 11) is 1.59. The van der Waals surface area contributed by atoms with E-state index in [-0.39, 0.29) is 12.1 Å². The summed E-state index contributed by atoms with van der Waals surface area (Å²) >= 11 is 0. The first-order valence-electron chi connectivity index (χ1n) is 6.15. The van der Waals surface area contributed by atoms with Crippen molar-refractivity contribution in [1.82, 2.24) is 5.32 Å². The Bertz CT molecular complexity index is 450. The number of anilines is 1. The molecule has 1 aromatic carbocycles. The Morgan fingerprint density at radius 3 is 2.84 bits per heavy atom. The number of carbonyl (C=O) groups is 1. The molecule has 1 aromatic rings. The largest absolute Gasteiger partial charge is 0.486 e. The second-order valence-electron chi connectivity index (χ2n) is 4.31. The van der Waals surface area contributed by atoms with Crippen LogP contribution < -0.4 is 20.1 Å². The molecule has 0 radical (unpaired) electrons. The number of hydrogen-bond acceptors (Lipinski definition) is 4. The van der Waals surface area contributed by atoms with Crippen molar-refractivity contribution in [2.24, 2.45) is 0 Å². The van der Waals surface area contributed by atoms with E-state index in [1.165, 1.54) is 0 Å². The highest BCUT2D eigenvalue weighted by Gasteiger charge is 2.13. The van der Waals surface area contributed by atoms with Crippen LogP contribution in [0.1, 0.15) is 6.92 Å². The van der Waals surface area contributed by atoms with Crippen molar-refractivity contribution in [3.05, 3.63) is 18.2 Å². The van der Waals surface area contributed by atoms with Crippen LogP contribution in [0.4, 0.5) is 10.5 Å². The maximum Gasteiger partial charge on any atom is 0.319 e. The van der Waals surface area contributed by atoms with Crippen LogP contribution in [0, 0.1) is 0 Å². The molecule has 0 fully saturated rings. The fraction of sp³-hybridized carbons (Fsp3) is 0.462. The predicted octanol–water partition coefficient (Wildman–Crippen LogP) is 1.61. The molecule has 2 rings (SSSR count). The van der Waals surface area contributed by atoms with Gasteiger partial charge in [-0.1, -0.05) is 0 Å². The molecule has 1 aliphatic heterocycles. The number of benzene rings is 1. The molecule has 0 bridgehead atoms. The van der Waals surface area contributed by atoms with E-state index in [1.807, 2.05) is 6.92 Å². The van der Waals surface area contributed by atoms with Crippen LogP contribution in [0.2, 0.25) is 0 Å². The zero-order valence-corrected chi connectivity index (χ0v) is 11.1. The van der Waals surface area contributed by atoms with E-state index in [2.05, 4.69) is 10.6 Å². The summed E-state index contributed by atoms with van der Waals surface area (Å²) in [5.74, 6) is 1.35. The van der Waals surface area contributed by atoms with E-state index < -0.39 is 0 Å². The van der Waals surface area contributed by atoms with Gasteiger partial charge in [0.15, 0.2) is 11.5 Å². The Morgan fingerprint density at radius 1 is 1.37 bits per heavy atom. The first kappa shape index (κ1) is 13.5. The molecule has 0 spiro atoms. The van der Waals surface area contributed by atoms with Crippen LogP contribution in [0.3, 0.4) is 0 Å². The number of urea groups is 1. The molecule has 0 saturated carbocycles. The lowest BCUT2D eigenvalue weighted by atomic mass is 10.2. The van der Waals surface area contributed by atoms with Crippen molar-refractivity contribution < 1.29 is 19.0 Å². The van der Waals surface area contributed by atoms with Crippen molar-refractivity contribution in [1.29, 1.82) is 0 Å². The van der Waals surface area contributed by atoms with Crippen molar-refractivity contribution >= 4 is 11.7 Å². The lowest BCUT2D eigenvalue weighted by Gasteiger charge is -2.19. The first-order valence-corrected chi connectivity index (χ1v) is 6.15. The average molecular weight is 266 g/mol. The molecule has 6 heteroatoms. The molecule has 1 heterocycles. The normalized spacial score (nSPS) is 14.6. The van der Waals surface area contributed by atoms with Gasteiger partial charge in [0, 0.05) is 18.9 Å². The van der Waals surface area contributed by atoms with E-state index >= 15 is 0 Å². The molecular weight excluding hydrogens is 248 g/mol. The topological polar surface area (TPSA) is 68.8 Å². The van der Waals surface area contributed by atoms with Gasteiger partial charge < -0.3 is 24.8 Å². The minimum atomic E-state index is -0.277. The van der Waals surface area contributed by atoms with Crippen molar-refractivity contribution in [2.45, 2.75) is 13.0 Å². The standard InChI is InChI=1S/C13H18N2O4/c1-9(8-17-2)14-13(16)15-10-3-4-11-12(7-10)19-6-5-18-11/h3-4,7,9H,5-6,8H2,1-2H3,(H2,14,15,16). The molecule has 0 aliphatic carbocycles. The first-order chi connectivity index (χ1) is 9.19. The molecule has 0 aromatic heterocycles. The average Bonchev–Trinajstić information content (AvgIpc) is 2.38. The third-order valence-corrected chi connectivity index (χ3v) is 2.59. The lowest BCUT2D eigenvalue weighted by molar-refractivity contribution is 0.171. The van der Waals surface area contributed by atoms with E-state index in [9.17, 15) is 4.79 Å². The molecular formula is C13H18N2O4. The highest BCUT2D eigenvalue weighted by Crippen LogP contribution is 2.32. The van der Waals surface area contributed by atoms with Gasteiger partial charge in [-0.25, -0.2) is 4.79 Å². The quantitative estimate of drug-likeness (QED) is 0.868. The Morgan fingerprint density at radius 2 is 2.11 bits per heavy atom. The fourth-order valence-electron chi connectivity index (χ4n) is 1.80. The van der Waals surface area contributed by atoms with Crippen LogP contribution in [-0.2, 0) is 4.74 Å². The molecule has 1 atom stereocenters. The highest BCUT2D eigenvalue weighted by molar-refractivity contribution is 5.89. The summed E-state index contributed by atoms with van der Waals surface area (Å²) < 4.78 is 15.8. The van der Waals surface area contributed by atoms with Crippen LogP contribution in [0.5, 0.6) is 11.5 Å². The minimum Gasteiger partial charge on any atom is -0.486 e. The van der Waals surface area contributed by atoms with Gasteiger partial charge in [-0.2, -0.15) is 0 Å². The number of ether oxygens (including phenoxy) is 3. The molecule has 19 heavy (non-hydrogen) atoms. The van der Waals surface area contributed by atoms with Gasteiger partial charge in [0.25, 0.3) is 0 Å². The summed E-state index contributed by atoms with van der Waals surface area (Å²) in [6.45, 7) is 3.41. The summed E-state index contributed by atoms with van der Waals surface area (Å²) in [5.41, 5.74) is 0.659. The number of methoxy groups -OCH3 is 1.